The Hall–Kier alpha value is -3.46. The summed E-state index contributed by atoms with van der Waals surface area (Å²) in [4.78, 5) is 20.8. The lowest BCUT2D eigenvalue weighted by atomic mass is 10.3. The number of benzene rings is 1. The van der Waals surface area contributed by atoms with Crippen LogP contribution in [0.5, 0.6) is 0 Å². The third-order valence-electron chi connectivity index (χ3n) is 4.09. The molecule has 4 rings (SSSR count). The van der Waals surface area contributed by atoms with Crippen LogP contribution in [0.2, 0.25) is 5.02 Å². The quantitative estimate of drug-likeness (QED) is 0.516. The van der Waals surface area contributed by atoms with Gasteiger partial charge in [-0.3, -0.25) is 4.68 Å². The van der Waals surface area contributed by atoms with Crippen molar-refractivity contribution in [3.05, 3.63) is 53.6 Å². The van der Waals surface area contributed by atoms with Gasteiger partial charge in [0, 0.05) is 12.1 Å². The Bertz CT molecular complexity index is 1170. The molecule has 142 valence electrons. The predicted octanol–water partition coefficient (Wildman–Crippen LogP) is 3.12. The molecule has 0 aliphatic heterocycles. The summed E-state index contributed by atoms with van der Waals surface area (Å²) in [7, 11) is 1.72. The maximum Gasteiger partial charge on any atom is 0.343 e. The second-order valence-corrected chi connectivity index (χ2v) is 6.31. The molecule has 4 aromatic rings. The summed E-state index contributed by atoms with van der Waals surface area (Å²) in [5, 5.41) is 13.0. The first-order chi connectivity index (χ1) is 13.6. The topological polar surface area (TPSA) is 99.8 Å². The molecule has 0 radical (unpaired) electrons. The van der Waals surface area contributed by atoms with Crippen LogP contribution in [-0.4, -0.2) is 42.1 Å². The summed E-state index contributed by atoms with van der Waals surface area (Å²) < 4.78 is 8.30. The zero-order valence-corrected chi connectivity index (χ0v) is 15.9. The molecule has 0 unspecified atom stereocenters. The highest BCUT2D eigenvalue weighted by atomic mass is 35.5. The number of esters is 1. The molecule has 0 atom stereocenters. The van der Waals surface area contributed by atoms with Crippen molar-refractivity contribution in [1.29, 1.82) is 0 Å². The Morgan fingerprint density at radius 3 is 2.89 bits per heavy atom. The summed E-state index contributed by atoms with van der Waals surface area (Å²) in [6.45, 7) is 2.02. The minimum atomic E-state index is -0.460. The maximum absolute atomic E-state index is 12.2. The smallest absolute Gasteiger partial charge is 0.343 e. The van der Waals surface area contributed by atoms with Gasteiger partial charge in [0.25, 0.3) is 0 Å². The van der Waals surface area contributed by atoms with Gasteiger partial charge in [-0.15, -0.1) is 0 Å². The molecule has 0 saturated carbocycles. The van der Waals surface area contributed by atoms with Gasteiger partial charge in [-0.2, -0.15) is 10.2 Å². The van der Waals surface area contributed by atoms with Gasteiger partial charge >= 0.3 is 5.97 Å². The van der Waals surface area contributed by atoms with Crippen LogP contribution < -0.4 is 5.32 Å². The molecule has 0 amide bonds. The highest BCUT2D eigenvalue weighted by Gasteiger charge is 2.19. The van der Waals surface area contributed by atoms with E-state index in [1.165, 1.54) is 12.5 Å². The second kappa shape index (κ2) is 7.28. The fraction of sp³-hybridized carbons (Fsp3) is 0.167. The molecule has 3 heterocycles. The van der Waals surface area contributed by atoms with E-state index in [9.17, 15) is 4.79 Å². The van der Waals surface area contributed by atoms with E-state index < -0.39 is 5.97 Å². The number of rotatable bonds is 5. The molecule has 0 bridgehead atoms. The van der Waals surface area contributed by atoms with Gasteiger partial charge < -0.3 is 10.1 Å². The van der Waals surface area contributed by atoms with Crippen LogP contribution in [0.25, 0.3) is 16.7 Å². The van der Waals surface area contributed by atoms with Gasteiger partial charge in [0.05, 0.1) is 30.1 Å². The first kappa shape index (κ1) is 17.9. The van der Waals surface area contributed by atoms with E-state index in [4.69, 9.17) is 16.3 Å². The van der Waals surface area contributed by atoms with Crippen molar-refractivity contribution >= 4 is 40.2 Å². The number of anilines is 2. The normalized spacial score (nSPS) is 11.0. The number of nitrogens with one attached hydrogen (secondary N) is 1. The maximum atomic E-state index is 12.2. The van der Waals surface area contributed by atoms with E-state index >= 15 is 0 Å². The van der Waals surface area contributed by atoms with Gasteiger partial charge in [0.2, 0.25) is 0 Å². The van der Waals surface area contributed by atoms with Crippen molar-refractivity contribution < 1.29 is 9.53 Å². The monoisotopic (exact) mass is 397 g/mol. The fourth-order valence-corrected chi connectivity index (χ4v) is 2.98. The van der Waals surface area contributed by atoms with E-state index in [-0.39, 0.29) is 6.61 Å². The lowest BCUT2D eigenvalue weighted by Crippen LogP contribution is -2.09. The number of hydrogen-bond donors (Lipinski definition) is 1. The summed E-state index contributed by atoms with van der Waals surface area (Å²) in [5.74, 6) is 0.499. The van der Waals surface area contributed by atoms with Crippen molar-refractivity contribution in [2.75, 3.05) is 11.9 Å². The molecule has 0 spiro atoms. The van der Waals surface area contributed by atoms with E-state index in [1.807, 2.05) is 12.1 Å². The van der Waals surface area contributed by atoms with Crippen LogP contribution in [0.3, 0.4) is 0 Å². The van der Waals surface area contributed by atoms with Gasteiger partial charge in [-0.05, 0) is 25.1 Å². The zero-order chi connectivity index (χ0) is 19.7. The first-order valence-corrected chi connectivity index (χ1v) is 8.87. The van der Waals surface area contributed by atoms with Gasteiger partial charge in [0.15, 0.2) is 5.65 Å². The van der Waals surface area contributed by atoms with Crippen LogP contribution in [0.4, 0.5) is 11.6 Å². The molecule has 1 N–H and O–H groups in total. The van der Waals surface area contributed by atoms with Crippen LogP contribution in [0, 0.1) is 0 Å². The number of halogens is 1. The van der Waals surface area contributed by atoms with Crippen molar-refractivity contribution in [2.45, 2.75) is 6.92 Å². The van der Waals surface area contributed by atoms with Gasteiger partial charge in [-0.25, -0.2) is 19.4 Å². The van der Waals surface area contributed by atoms with Crippen LogP contribution in [0.15, 0.2) is 43.0 Å². The van der Waals surface area contributed by atoms with Crippen molar-refractivity contribution in [3.8, 4) is 5.69 Å². The molecule has 10 heteroatoms. The van der Waals surface area contributed by atoms with E-state index in [1.54, 1.807) is 41.7 Å². The first-order valence-electron chi connectivity index (χ1n) is 8.49. The van der Waals surface area contributed by atoms with Crippen LogP contribution in [0.1, 0.15) is 17.3 Å². The number of nitrogens with zero attached hydrogens (tertiary/aromatic N) is 6. The third kappa shape index (κ3) is 3.16. The molecule has 0 saturated heterocycles. The lowest BCUT2D eigenvalue weighted by molar-refractivity contribution is 0.0527. The summed E-state index contributed by atoms with van der Waals surface area (Å²) in [6.07, 6.45) is 4.53. The van der Waals surface area contributed by atoms with Crippen molar-refractivity contribution in [3.63, 3.8) is 0 Å². The molecule has 1 aromatic carbocycles. The Balaban J connectivity index is 1.76. The number of ether oxygens (including phenoxy) is 1. The summed E-state index contributed by atoms with van der Waals surface area (Å²) >= 11 is 6.09. The van der Waals surface area contributed by atoms with E-state index in [0.717, 1.165) is 5.69 Å². The fourth-order valence-electron chi connectivity index (χ4n) is 2.80. The SMILES string of the molecule is CCOC(=O)c1cnn(C)c1Nc1ncnc2c1cnn2-c1cccc(Cl)c1. The van der Waals surface area contributed by atoms with Gasteiger partial charge in [-0.1, -0.05) is 17.7 Å². The van der Waals surface area contributed by atoms with E-state index in [0.29, 0.717) is 33.3 Å². The Morgan fingerprint density at radius 2 is 2.11 bits per heavy atom. The molecular weight excluding hydrogens is 382 g/mol. The van der Waals surface area contributed by atoms with Crippen LogP contribution >= 0.6 is 11.6 Å². The largest absolute Gasteiger partial charge is 0.462 e. The number of carbonyl (C=O) groups excluding carboxylic acids is 1. The number of fused-ring (bicyclic) bond motifs is 1. The minimum absolute atomic E-state index is 0.275. The lowest BCUT2D eigenvalue weighted by Gasteiger charge is -2.09. The Morgan fingerprint density at radius 1 is 1.25 bits per heavy atom. The van der Waals surface area contributed by atoms with Gasteiger partial charge in [0.1, 0.15) is 23.5 Å². The number of carbonyl (C=O) groups is 1. The van der Waals surface area contributed by atoms with E-state index in [2.05, 4.69) is 25.5 Å². The minimum Gasteiger partial charge on any atom is -0.462 e. The number of aryl methyl sites for hydroxylation is 1. The molecular formula is C18H16ClN7O2. The molecule has 28 heavy (non-hydrogen) atoms. The molecule has 3 aromatic heterocycles. The zero-order valence-electron chi connectivity index (χ0n) is 15.1. The average Bonchev–Trinajstić information content (AvgIpc) is 3.27. The molecule has 0 aliphatic rings. The Kier molecular flexibility index (Phi) is 4.66. The highest BCUT2D eigenvalue weighted by molar-refractivity contribution is 6.30. The van der Waals surface area contributed by atoms with Crippen LogP contribution in [-0.2, 0) is 11.8 Å². The highest BCUT2D eigenvalue weighted by Crippen LogP contribution is 2.27. The Labute approximate surface area is 164 Å². The predicted molar refractivity (Wildman–Crippen MR) is 104 cm³/mol. The standard InChI is InChI=1S/C18H16ClN7O2/c1-3-28-18(27)14-9-22-25(2)17(14)24-15-13-8-23-26(16(13)21-10-20-15)12-6-4-5-11(19)7-12/h4-10H,3H2,1-2H3,(H,20,21,24). The molecule has 0 aliphatic carbocycles. The summed E-state index contributed by atoms with van der Waals surface area (Å²) in [5.41, 5.74) is 1.69. The number of hydrogen-bond acceptors (Lipinski definition) is 7. The third-order valence-corrected chi connectivity index (χ3v) is 4.32. The summed E-state index contributed by atoms with van der Waals surface area (Å²) in [6, 6.07) is 7.31. The molecule has 9 nitrogen and oxygen atoms in total. The molecule has 0 fully saturated rings. The average molecular weight is 398 g/mol. The number of aromatic nitrogens is 6. The van der Waals surface area contributed by atoms with Crippen molar-refractivity contribution in [2.24, 2.45) is 7.05 Å². The second-order valence-electron chi connectivity index (χ2n) is 5.87. The van der Waals surface area contributed by atoms with Crippen molar-refractivity contribution in [1.82, 2.24) is 29.5 Å².